The lowest BCUT2D eigenvalue weighted by Gasteiger charge is -2.26. The van der Waals surface area contributed by atoms with Crippen molar-refractivity contribution in [3.63, 3.8) is 0 Å². The number of aromatic nitrogens is 2. The van der Waals surface area contributed by atoms with E-state index in [1.165, 1.54) is 6.42 Å². The van der Waals surface area contributed by atoms with Crippen LogP contribution in [-0.4, -0.2) is 53.9 Å². The molecule has 2 fully saturated rings. The van der Waals surface area contributed by atoms with Gasteiger partial charge in [-0.2, -0.15) is 0 Å². The minimum atomic E-state index is -0.459. The molecule has 31 heavy (non-hydrogen) atoms. The summed E-state index contributed by atoms with van der Waals surface area (Å²) in [6, 6.07) is 7.27. The molecule has 2 heterocycles. The maximum atomic E-state index is 13.1. The maximum absolute atomic E-state index is 13.1. The third kappa shape index (κ3) is 4.55. The lowest BCUT2D eigenvalue weighted by Crippen LogP contribution is -2.35. The predicted molar refractivity (Wildman–Crippen MR) is 121 cm³/mol. The molecule has 4 rings (SSSR count). The van der Waals surface area contributed by atoms with E-state index in [4.69, 9.17) is 10.7 Å². The first-order chi connectivity index (χ1) is 14.9. The van der Waals surface area contributed by atoms with Gasteiger partial charge >= 0.3 is 0 Å². The number of carbonyl (C=O) groups is 2. The van der Waals surface area contributed by atoms with E-state index in [-0.39, 0.29) is 11.8 Å². The number of hydrogen-bond acceptors (Lipinski definition) is 5. The fourth-order valence-electron chi connectivity index (χ4n) is 4.77. The Bertz CT molecular complexity index is 968. The van der Waals surface area contributed by atoms with Crippen molar-refractivity contribution in [3.8, 4) is 11.1 Å². The first-order valence-electron chi connectivity index (χ1n) is 11.2. The molecule has 7 heteroatoms. The minimum Gasteiger partial charge on any atom is -0.366 e. The molecule has 7 nitrogen and oxygen atoms in total. The summed E-state index contributed by atoms with van der Waals surface area (Å²) >= 11 is 0. The number of likely N-dealkylation sites (tertiary alicyclic amines) is 1. The number of nitrogens with two attached hydrogens (primary N) is 1. The van der Waals surface area contributed by atoms with Gasteiger partial charge in [-0.25, -0.2) is 9.97 Å². The van der Waals surface area contributed by atoms with E-state index in [2.05, 4.69) is 4.98 Å². The van der Waals surface area contributed by atoms with E-state index < -0.39 is 5.91 Å². The van der Waals surface area contributed by atoms with Crippen LogP contribution in [-0.2, 0) is 4.79 Å². The Balaban J connectivity index is 1.64. The number of carbonyl (C=O) groups excluding carboxylic acids is 2. The van der Waals surface area contributed by atoms with Crippen LogP contribution in [0.3, 0.4) is 0 Å². The van der Waals surface area contributed by atoms with Gasteiger partial charge in [-0.3, -0.25) is 9.59 Å². The summed E-state index contributed by atoms with van der Waals surface area (Å²) in [6.07, 6.45) is 8.30. The number of benzene rings is 1. The molecule has 2 amide bonds. The first kappa shape index (κ1) is 21.3. The van der Waals surface area contributed by atoms with E-state index in [0.717, 1.165) is 55.5 Å². The van der Waals surface area contributed by atoms with Crippen molar-refractivity contribution in [2.45, 2.75) is 44.4 Å². The predicted octanol–water partition coefficient (Wildman–Crippen LogP) is 3.20. The number of hydrogen-bond donors (Lipinski definition) is 1. The molecule has 2 aliphatic rings. The van der Waals surface area contributed by atoms with Gasteiger partial charge in [-0.05, 0) is 37.0 Å². The molecule has 0 bridgehead atoms. The second kappa shape index (κ2) is 9.04. The molecule has 2 aromatic rings. The number of anilines is 1. The minimum absolute atomic E-state index is 0.140. The van der Waals surface area contributed by atoms with Gasteiger partial charge in [0.2, 0.25) is 17.8 Å². The van der Waals surface area contributed by atoms with Crippen LogP contribution in [0, 0.1) is 5.92 Å². The summed E-state index contributed by atoms with van der Waals surface area (Å²) < 4.78 is 0. The molecule has 1 saturated carbocycles. The summed E-state index contributed by atoms with van der Waals surface area (Å²) in [4.78, 5) is 38.0. The Kier molecular flexibility index (Phi) is 6.20. The van der Waals surface area contributed by atoms with Gasteiger partial charge < -0.3 is 15.5 Å². The molecule has 0 radical (unpaired) electrons. The maximum Gasteiger partial charge on any atom is 0.248 e. The Labute approximate surface area is 183 Å². The first-order valence-corrected chi connectivity index (χ1v) is 11.2. The Morgan fingerprint density at radius 3 is 2.61 bits per heavy atom. The van der Waals surface area contributed by atoms with Crippen LogP contribution in [0.15, 0.2) is 30.5 Å². The average Bonchev–Trinajstić information content (AvgIpc) is 3.29. The Morgan fingerprint density at radius 2 is 1.90 bits per heavy atom. The largest absolute Gasteiger partial charge is 0.366 e. The molecule has 1 saturated heterocycles. The van der Waals surface area contributed by atoms with Gasteiger partial charge in [-0.15, -0.1) is 0 Å². The zero-order valence-electron chi connectivity index (χ0n) is 18.4. The number of rotatable bonds is 5. The van der Waals surface area contributed by atoms with Gasteiger partial charge in [0.25, 0.3) is 0 Å². The van der Waals surface area contributed by atoms with Gasteiger partial charge in [0.15, 0.2) is 0 Å². The Morgan fingerprint density at radius 1 is 1.13 bits per heavy atom. The normalized spacial score (nSPS) is 19.4. The second-order valence-corrected chi connectivity index (χ2v) is 8.91. The molecular formula is C24H31N5O2. The van der Waals surface area contributed by atoms with Crippen LogP contribution in [0.5, 0.6) is 0 Å². The van der Waals surface area contributed by atoms with Crippen molar-refractivity contribution >= 4 is 17.8 Å². The van der Waals surface area contributed by atoms with E-state index in [1.54, 1.807) is 12.1 Å². The molecule has 1 aromatic carbocycles. The molecule has 164 valence electrons. The van der Waals surface area contributed by atoms with Crippen LogP contribution in [0.1, 0.15) is 60.5 Å². The van der Waals surface area contributed by atoms with Crippen LogP contribution >= 0.6 is 0 Å². The molecule has 0 spiro atoms. The van der Waals surface area contributed by atoms with Crippen LogP contribution in [0.25, 0.3) is 11.1 Å². The van der Waals surface area contributed by atoms with Crippen molar-refractivity contribution in [2.24, 2.45) is 11.7 Å². The third-order valence-electron chi connectivity index (χ3n) is 6.50. The highest BCUT2D eigenvalue weighted by atomic mass is 16.2. The summed E-state index contributed by atoms with van der Waals surface area (Å²) in [5, 5.41) is 0. The van der Waals surface area contributed by atoms with Gasteiger partial charge in [0, 0.05) is 56.3 Å². The van der Waals surface area contributed by atoms with E-state index >= 15 is 0 Å². The van der Waals surface area contributed by atoms with Crippen molar-refractivity contribution in [2.75, 3.05) is 32.1 Å². The molecule has 1 aliphatic heterocycles. The molecular weight excluding hydrogens is 390 g/mol. The van der Waals surface area contributed by atoms with Crippen molar-refractivity contribution < 1.29 is 9.59 Å². The van der Waals surface area contributed by atoms with E-state index in [9.17, 15) is 9.59 Å². The summed E-state index contributed by atoms with van der Waals surface area (Å²) in [5.41, 5.74) is 8.64. The second-order valence-electron chi connectivity index (χ2n) is 8.91. The fraction of sp³-hybridized carbons (Fsp3) is 0.500. The third-order valence-corrected chi connectivity index (χ3v) is 6.50. The monoisotopic (exact) mass is 421 g/mol. The highest BCUT2D eigenvalue weighted by molar-refractivity contribution is 5.94. The highest BCUT2D eigenvalue weighted by Crippen LogP contribution is 2.36. The van der Waals surface area contributed by atoms with Gasteiger partial charge in [-0.1, -0.05) is 31.4 Å². The van der Waals surface area contributed by atoms with Crippen molar-refractivity contribution in [3.05, 3.63) is 41.7 Å². The average molecular weight is 422 g/mol. The van der Waals surface area contributed by atoms with E-state index in [0.29, 0.717) is 24.0 Å². The lowest BCUT2D eigenvalue weighted by atomic mass is 9.88. The lowest BCUT2D eigenvalue weighted by molar-refractivity contribution is -0.135. The topological polar surface area (TPSA) is 92.4 Å². The zero-order chi connectivity index (χ0) is 22.0. The SMILES string of the molecule is CN(C)c1ncc(-c2cccc(C(N)=O)c2)c(C2CCN(C(=O)C3CCCCC3)C2)n1. The quantitative estimate of drug-likeness (QED) is 0.800. The van der Waals surface area contributed by atoms with Crippen LogP contribution < -0.4 is 10.6 Å². The molecule has 1 aliphatic carbocycles. The summed E-state index contributed by atoms with van der Waals surface area (Å²) in [7, 11) is 3.83. The molecule has 1 unspecified atom stereocenters. The molecule has 2 N–H and O–H groups in total. The fourth-order valence-corrected chi connectivity index (χ4v) is 4.77. The summed E-state index contributed by atoms with van der Waals surface area (Å²) in [6.45, 7) is 1.45. The number of primary amides is 1. The number of nitrogens with zero attached hydrogens (tertiary/aromatic N) is 4. The summed E-state index contributed by atoms with van der Waals surface area (Å²) in [5.74, 6) is 0.811. The standard InChI is InChI=1S/C24H31N5O2/c1-28(2)24-26-14-20(17-9-6-10-18(13-17)22(25)30)21(27-24)19-11-12-29(15-19)23(31)16-7-4-3-5-8-16/h6,9-10,13-14,16,19H,3-5,7-8,11-12,15H2,1-2H3,(H2,25,30). The Hall–Kier alpha value is -2.96. The van der Waals surface area contributed by atoms with Crippen LogP contribution in [0.4, 0.5) is 5.95 Å². The molecule has 1 aromatic heterocycles. The zero-order valence-corrected chi connectivity index (χ0v) is 18.4. The van der Waals surface area contributed by atoms with Gasteiger partial charge in [0.1, 0.15) is 0 Å². The van der Waals surface area contributed by atoms with Crippen molar-refractivity contribution in [1.29, 1.82) is 0 Å². The van der Waals surface area contributed by atoms with Crippen molar-refractivity contribution in [1.82, 2.24) is 14.9 Å². The number of amides is 2. The molecule has 1 atom stereocenters. The smallest absolute Gasteiger partial charge is 0.248 e. The van der Waals surface area contributed by atoms with Crippen LogP contribution in [0.2, 0.25) is 0 Å². The van der Waals surface area contributed by atoms with Gasteiger partial charge in [0.05, 0.1) is 5.69 Å². The van der Waals surface area contributed by atoms with E-state index in [1.807, 2.05) is 42.2 Å². The highest BCUT2D eigenvalue weighted by Gasteiger charge is 2.34.